The summed E-state index contributed by atoms with van der Waals surface area (Å²) in [5, 5.41) is 9.36. The van der Waals surface area contributed by atoms with Crippen LogP contribution in [0.4, 0.5) is 13.2 Å². The van der Waals surface area contributed by atoms with Crippen molar-refractivity contribution in [3.8, 4) is 34.3 Å². The van der Waals surface area contributed by atoms with Gasteiger partial charge in [0.15, 0.2) is 5.69 Å². The molecule has 0 saturated carbocycles. The molecular weight excluding hydrogens is 462 g/mol. The summed E-state index contributed by atoms with van der Waals surface area (Å²) in [4.78, 5) is -0.390. The molecule has 3 aromatic rings. The molecule has 0 amide bonds. The number of hydrogen-bond donors (Lipinski definition) is 1. The van der Waals surface area contributed by atoms with Crippen molar-refractivity contribution in [2.75, 3.05) is 0 Å². The van der Waals surface area contributed by atoms with Gasteiger partial charge in [-0.05, 0) is 25.1 Å². The van der Waals surface area contributed by atoms with Crippen molar-refractivity contribution in [1.82, 2.24) is 9.78 Å². The average Bonchev–Trinajstić information content (AvgIpc) is 3.00. The van der Waals surface area contributed by atoms with Crippen LogP contribution in [0.5, 0.6) is 0 Å². The monoisotopic (exact) mass is 473 g/mol. The minimum atomic E-state index is -4.88. The third-order valence-corrected chi connectivity index (χ3v) is 5.54. The molecule has 0 aliphatic carbocycles. The smallest absolute Gasteiger partial charge is 0.225 e. The Labute approximate surface area is 180 Å². The Morgan fingerprint density at radius 1 is 1.10 bits per heavy atom. The van der Waals surface area contributed by atoms with Crippen molar-refractivity contribution in [2.24, 2.45) is 5.14 Å². The van der Waals surface area contributed by atoms with Gasteiger partial charge in [-0.2, -0.15) is 23.0 Å². The number of nitrogens with zero attached hydrogens (tertiary/aromatic N) is 2. The number of primary sulfonamides is 1. The maximum absolute atomic E-state index is 14.1. The van der Waals surface area contributed by atoms with Crippen LogP contribution in [0.1, 0.15) is 12.6 Å². The number of hydrogen-bond acceptors (Lipinski definition) is 3. The zero-order chi connectivity index (χ0) is 22.3. The summed E-state index contributed by atoms with van der Waals surface area (Å²) in [6.45, 7) is 1.34. The average molecular weight is 474 g/mol. The van der Waals surface area contributed by atoms with Gasteiger partial charge in [-0.3, -0.25) is 0 Å². The van der Waals surface area contributed by atoms with Crippen molar-refractivity contribution < 1.29 is 21.6 Å². The molecular formula is C19H12Cl2F3N3O2S. The first-order valence-corrected chi connectivity index (χ1v) is 10.5. The van der Waals surface area contributed by atoms with E-state index in [9.17, 15) is 21.6 Å². The van der Waals surface area contributed by atoms with Crippen LogP contribution in [0.2, 0.25) is 10.0 Å². The largest absolute Gasteiger partial charge is 0.434 e. The molecule has 0 saturated heterocycles. The van der Waals surface area contributed by atoms with Crippen molar-refractivity contribution >= 4 is 33.2 Å². The topological polar surface area (TPSA) is 78.0 Å². The number of alkyl halides is 3. The van der Waals surface area contributed by atoms with Crippen LogP contribution in [-0.4, -0.2) is 18.2 Å². The molecule has 0 fully saturated rings. The van der Waals surface area contributed by atoms with E-state index in [1.165, 1.54) is 49.4 Å². The van der Waals surface area contributed by atoms with Crippen LogP contribution in [0, 0.1) is 12.0 Å². The third-order valence-electron chi connectivity index (χ3n) is 4.02. The highest BCUT2D eigenvalue weighted by molar-refractivity contribution is 7.89. The summed E-state index contributed by atoms with van der Waals surface area (Å²) in [7, 11) is -4.27. The molecule has 1 aromatic heterocycles. The minimum Gasteiger partial charge on any atom is -0.225 e. The standard InChI is InChI=1S/C19H12Cl2F3N3O2S/c1-2-9-27-18(19(22,23)24)16(12-8-7-11(20)10-14(12)21)17(26-27)13-5-3-4-6-15(13)30(25,28)29/h3-8,10H,1H3,(H2,25,28,29). The van der Waals surface area contributed by atoms with Gasteiger partial charge in [-0.1, -0.05) is 53.4 Å². The predicted octanol–water partition coefficient (Wildman–Crippen LogP) is 5.02. The van der Waals surface area contributed by atoms with Crippen LogP contribution < -0.4 is 5.14 Å². The van der Waals surface area contributed by atoms with E-state index in [0.29, 0.717) is 4.68 Å². The van der Waals surface area contributed by atoms with Gasteiger partial charge < -0.3 is 0 Å². The summed E-state index contributed by atoms with van der Waals surface area (Å²) >= 11 is 12.1. The Balaban J connectivity index is 2.53. The van der Waals surface area contributed by atoms with E-state index >= 15 is 0 Å². The fraction of sp³-hybridized carbons (Fsp3) is 0.105. The molecule has 0 aliphatic heterocycles. The predicted molar refractivity (Wildman–Crippen MR) is 108 cm³/mol. The van der Waals surface area contributed by atoms with Gasteiger partial charge in [0.1, 0.15) is 5.69 Å². The summed E-state index contributed by atoms with van der Waals surface area (Å²) in [6, 6.07) is 11.5. The van der Waals surface area contributed by atoms with E-state index in [2.05, 4.69) is 17.1 Å². The second-order valence-electron chi connectivity index (χ2n) is 6.01. The van der Waals surface area contributed by atoms with E-state index in [1.807, 2.05) is 0 Å². The maximum Gasteiger partial charge on any atom is 0.434 e. The lowest BCUT2D eigenvalue weighted by molar-refractivity contribution is -0.142. The van der Waals surface area contributed by atoms with Crippen LogP contribution in [0.15, 0.2) is 47.4 Å². The highest BCUT2D eigenvalue weighted by atomic mass is 35.5. The fourth-order valence-corrected chi connectivity index (χ4v) is 4.16. The van der Waals surface area contributed by atoms with Gasteiger partial charge in [0, 0.05) is 27.8 Å². The Morgan fingerprint density at radius 2 is 1.77 bits per heavy atom. The summed E-state index contributed by atoms with van der Waals surface area (Å²) < 4.78 is 66.7. The van der Waals surface area contributed by atoms with E-state index in [4.69, 9.17) is 28.3 Å². The van der Waals surface area contributed by atoms with E-state index in [-0.39, 0.29) is 31.8 Å². The van der Waals surface area contributed by atoms with Crippen molar-refractivity contribution in [3.63, 3.8) is 0 Å². The lowest BCUT2D eigenvalue weighted by Crippen LogP contribution is -2.13. The van der Waals surface area contributed by atoms with Crippen molar-refractivity contribution in [2.45, 2.75) is 18.0 Å². The molecule has 5 nitrogen and oxygen atoms in total. The number of sulfonamides is 1. The van der Waals surface area contributed by atoms with Crippen LogP contribution in [0.3, 0.4) is 0 Å². The number of halogens is 5. The zero-order valence-electron chi connectivity index (χ0n) is 15.1. The molecule has 0 bridgehead atoms. The lowest BCUT2D eigenvalue weighted by Gasteiger charge is -2.13. The summed E-state index contributed by atoms with van der Waals surface area (Å²) in [5.41, 5.74) is -2.11. The molecule has 2 aromatic carbocycles. The molecule has 30 heavy (non-hydrogen) atoms. The van der Waals surface area contributed by atoms with Crippen LogP contribution >= 0.6 is 23.2 Å². The van der Waals surface area contributed by atoms with Crippen molar-refractivity contribution in [3.05, 3.63) is 58.2 Å². The first-order chi connectivity index (χ1) is 13.9. The van der Waals surface area contributed by atoms with Gasteiger partial charge in [-0.25, -0.2) is 13.6 Å². The second kappa shape index (κ2) is 7.96. The van der Waals surface area contributed by atoms with Gasteiger partial charge >= 0.3 is 6.18 Å². The number of benzene rings is 2. The zero-order valence-corrected chi connectivity index (χ0v) is 17.5. The molecule has 0 unspecified atom stereocenters. The Morgan fingerprint density at radius 3 is 2.33 bits per heavy atom. The maximum atomic E-state index is 14.1. The van der Waals surface area contributed by atoms with Gasteiger partial charge in [0.05, 0.1) is 9.92 Å². The highest BCUT2D eigenvalue weighted by Gasteiger charge is 2.41. The molecule has 0 radical (unpaired) electrons. The first-order valence-electron chi connectivity index (χ1n) is 8.15. The van der Waals surface area contributed by atoms with Gasteiger partial charge in [-0.15, -0.1) is 0 Å². The van der Waals surface area contributed by atoms with E-state index in [0.717, 1.165) is 0 Å². The summed E-state index contributed by atoms with van der Waals surface area (Å²) in [6.07, 6.45) is -4.88. The SMILES string of the molecule is CC#Cn1nc(-c2ccccc2S(N)(=O)=O)c(-c2ccc(Cl)cc2Cl)c1C(F)(F)F. The molecule has 3 rings (SSSR count). The van der Waals surface area contributed by atoms with E-state index in [1.54, 1.807) is 0 Å². The molecule has 0 spiro atoms. The van der Waals surface area contributed by atoms with Crippen molar-refractivity contribution in [1.29, 1.82) is 0 Å². The first kappa shape index (κ1) is 22.2. The van der Waals surface area contributed by atoms with Gasteiger partial charge in [0.2, 0.25) is 10.0 Å². The summed E-state index contributed by atoms with van der Waals surface area (Å²) in [5.74, 6) is 2.36. The number of rotatable bonds is 3. The molecule has 156 valence electrons. The molecule has 11 heteroatoms. The molecule has 0 aliphatic rings. The molecule has 2 N–H and O–H groups in total. The van der Waals surface area contributed by atoms with E-state index < -0.39 is 27.5 Å². The lowest BCUT2D eigenvalue weighted by atomic mass is 9.98. The molecule has 1 heterocycles. The minimum absolute atomic E-state index is 0.0447. The Kier molecular flexibility index (Phi) is 5.89. The highest BCUT2D eigenvalue weighted by Crippen LogP contribution is 2.45. The fourth-order valence-electron chi connectivity index (χ4n) is 2.91. The Hall–Kier alpha value is -2.51. The quantitative estimate of drug-likeness (QED) is 0.542. The third kappa shape index (κ3) is 4.18. The second-order valence-corrected chi connectivity index (χ2v) is 8.38. The van der Waals surface area contributed by atoms with Crippen LogP contribution in [-0.2, 0) is 16.2 Å². The normalized spacial score (nSPS) is 11.8. The number of nitrogens with two attached hydrogens (primary N) is 1. The number of aromatic nitrogens is 2. The molecule has 0 atom stereocenters. The Bertz CT molecular complexity index is 1310. The van der Waals surface area contributed by atoms with Crippen LogP contribution in [0.25, 0.3) is 22.4 Å². The van der Waals surface area contributed by atoms with Gasteiger partial charge in [0.25, 0.3) is 0 Å².